The van der Waals surface area contributed by atoms with Gasteiger partial charge in [-0.2, -0.15) is 14.7 Å². The molecule has 22 heavy (non-hydrogen) atoms. The first kappa shape index (κ1) is 13.1. The van der Waals surface area contributed by atoms with Crippen molar-refractivity contribution in [3.05, 3.63) is 42.0 Å². The highest BCUT2D eigenvalue weighted by Gasteiger charge is 2.17. The summed E-state index contributed by atoms with van der Waals surface area (Å²) < 4.78 is 16.5. The van der Waals surface area contributed by atoms with Crippen LogP contribution in [0.5, 0.6) is 0 Å². The minimum Gasteiger partial charge on any atom is -0.272 e. The van der Waals surface area contributed by atoms with Crippen LogP contribution in [0.15, 0.2) is 30.5 Å². The molecular weight excluding hydrogens is 303 g/mol. The lowest BCUT2D eigenvalue weighted by atomic mass is 10.2. The van der Waals surface area contributed by atoms with Crippen molar-refractivity contribution in [1.82, 2.24) is 29.6 Å². The molecule has 3 heterocycles. The van der Waals surface area contributed by atoms with Crippen LogP contribution in [0.25, 0.3) is 26.9 Å². The Kier molecular flexibility index (Phi) is 2.80. The van der Waals surface area contributed by atoms with Crippen LogP contribution < -0.4 is 0 Å². The van der Waals surface area contributed by atoms with Gasteiger partial charge < -0.3 is 0 Å². The number of nitrogens with zero attached hydrogens (tertiary/aromatic N) is 6. The molecule has 0 aliphatic carbocycles. The zero-order chi connectivity index (χ0) is 15.3. The van der Waals surface area contributed by atoms with E-state index in [9.17, 15) is 4.39 Å². The van der Waals surface area contributed by atoms with E-state index in [1.807, 2.05) is 14.0 Å². The van der Waals surface area contributed by atoms with Crippen LogP contribution >= 0.6 is 11.3 Å². The van der Waals surface area contributed by atoms with E-state index in [1.165, 1.54) is 23.5 Å². The van der Waals surface area contributed by atoms with Crippen molar-refractivity contribution in [2.24, 2.45) is 7.05 Å². The van der Waals surface area contributed by atoms with E-state index in [0.717, 1.165) is 21.8 Å². The lowest BCUT2D eigenvalue weighted by Crippen LogP contribution is -1.93. The minimum atomic E-state index is -0.283. The third-order valence-corrected chi connectivity index (χ3v) is 4.49. The van der Waals surface area contributed by atoms with Crippen molar-refractivity contribution in [3.63, 3.8) is 0 Å². The highest BCUT2D eigenvalue weighted by molar-refractivity contribution is 7.19. The predicted octanol–water partition coefficient (Wildman–Crippen LogP) is 2.70. The fourth-order valence-electron chi connectivity index (χ4n) is 2.21. The fourth-order valence-corrected chi connectivity index (χ4v) is 3.11. The summed E-state index contributed by atoms with van der Waals surface area (Å²) in [5.74, 6) is 0.313. The van der Waals surface area contributed by atoms with Gasteiger partial charge in [-0.1, -0.05) is 11.3 Å². The first-order chi connectivity index (χ1) is 10.6. The number of aryl methyl sites for hydroxylation is 1. The Hall–Kier alpha value is -2.61. The third kappa shape index (κ3) is 1.92. The SMILES string of the molecule is Cc1c(-c2nn3c(-c4ccc(F)cc4)nnc3s2)cnn1C. The molecule has 0 radical (unpaired) electrons. The lowest BCUT2D eigenvalue weighted by molar-refractivity contribution is 0.628. The molecule has 3 aromatic heterocycles. The standard InChI is InChI=1S/C14H11FN6S/c1-8-11(7-16-20(8)2)13-19-21-12(17-18-14(21)22-13)9-3-5-10(15)6-4-9/h3-7H,1-2H3. The van der Waals surface area contributed by atoms with Crippen molar-refractivity contribution >= 4 is 16.3 Å². The molecule has 0 amide bonds. The Morgan fingerprint density at radius 1 is 1.14 bits per heavy atom. The molecule has 0 saturated heterocycles. The number of fused-ring (bicyclic) bond motifs is 1. The normalized spacial score (nSPS) is 11.4. The van der Waals surface area contributed by atoms with Gasteiger partial charge in [0.1, 0.15) is 5.82 Å². The second kappa shape index (κ2) is 4.70. The zero-order valence-electron chi connectivity index (χ0n) is 11.9. The highest BCUT2D eigenvalue weighted by atomic mass is 32.1. The average molecular weight is 314 g/mol. The van der Waals surface area contributed by atoms with E-state index < -0.39 is 0 Å². The summed E-state index contributed by atoms with van der Waals surface area (Å²) in [7, 11) is 1.89. The quantitative estimate of drug-likeness (QED) is 0.571. The van der Waals surface area contributed by atoms with Crippen LogP contribution in [0.3, 0.4) is 0 Å². The van der Waals surface area contributed by atoms with Gasteiger partial charge in [0.2, 0.25) is 4.96 Å². The maximum Gasteiger partial charge on any atom is 0.235 e. The Bertz CT molecular complexity index is 965. The lowest BCUT2D eigenvalue weighted by Gasteiger charge is -1.97. The number of aromatic nitrogens is 6. The van der Waals surface area contributed by atoms with E-state index >= 15 is 0 Å². The fraction of sp³-hybridized carbons (Fsp3) is 0.143. The Balaban J connectivity index is 1.86. The monoisotopic (exact) mass is 314 g/mol. The summed E-state index contributed by atoms with van der Waals surface area (Å²) in [6, 6.07) is 6.13. The van der Waals surface area contributed by atoms with Gasteiger partial charge in [0.15, 0.2) is 10.8 Å². The first-order valence-corrected chi connectivity index (χ1v) is 7.42. The summed E-state index contributed by atoms with van der Waals surface area (Å²) in [6.45, 7) is 1.99. The molecule has 0 bridgehead atoms. The second-order valence-corrected chi connectivity index (χ2v) is 5.86. The molecule has 4 aromatic rings. The molecule has 8 heteroatoms. The smallest absolute Gasteiger partial charge is 0.235 e. The molecule has 0 aliphatic rings. The second-order valence-electron chi connectivity index (χ2n) is 4.90. The molecule has 0 unspecified atom stereocenters. The van der Waals surface area contributed by atoms with Gasteiger partial charge in [0, 0.05) is 18.3 Å². The van der Waals surface area contributed by atoms with Crippen LogP contribution in [0.1, 0.15) is 5.69 Å². The molecule has 1 aromatic carbocycles. The topological polar surface area (TPSA) is 60.9 Å². The van der Waals surface area contributed by atoms with Crippen LogP contribution in [0, 0.1) is 12.7 Å². The summed E-state index contributed by atoms with van der Waals surface area (Å²) >= 11 is 1.45. The molecular formula is C14H11FN6S. The Morgan fingerprint density at radius 3 is 2.59 bits per heavy atom. The van der Waals surface area contributed by atoms with Crippen LogP contribution in [0.2, 0.25) is 0 Å². The summed E-state index contributed by atoms with van der Waals surface area (Å²) in [5, 5.41) is 17.9. The number of hydrogen-bond acceptors (Lipinski definition) is 5. The van der Waals surface area contributed by atoms with Crippen LogP contribution in [-0.4, -0.2) is 29.6 Å². The minimum absolute atomic E-state index is 0.283. The van der Waals surface area contributed by atoms with E-state index in [1.54, 1.807) is 27.5 Å². The average Bonchev–Trinajstić information content (AvgIpc) is 3.16. The van der Waals surface area contributed by atoms with E-state index in [2.05, 4.69) is 20.4 Å². The van der Waals surface area contributed by atoms with Crippen molar-refractivity contribution in [2.75, 3.05) is 0 Å². The Labute approximate surface area is 128 Å². The molecule has 0 atom stereocenters. The highest BCUT2D eigenvalue weighted by Crippen LogP contribution is 2.29. The zero-order valence-corrected chi connectivity index (χ0v) is 12.7. The molecule has 4 rings (SSSR count). The van der Waals surface area contributed by atoms with Crippen molar-refractivity contribution in [3.8, 4) is 22.0 Å². The van der Waals surface area contributed by atoms with Gasteiger partial charge >= 0.3 is 0 Å². The molecule has 6 nitrogen and oxygen atoms in total. The molecule has 110 valence electrons. The first-order valence-electron chi connectivity index (χ1n) is 6.60. The van der Waals surface area contributed by atoms with Gasteiger partial charge in [-0.05, 0) is 31.2 Å². The van der Waals surface area contributed by atoms with Crippen molar-refractivity contribution < 1.29 is 4.39 Å². The van der Waals surface area contributed by atoms with Gasteiger partial charge in [0.05, 0.1) is 11.8 Å². The van der Waals surface area contributed by atoms with Gasteiger partial charge in [-0.15, -0.1) is 10.2 Å². The molecule has 0 spiro atoms. The van der Waals surface area contributed by atoms with Gasteiger partial charge in [-0.3, -0.25) is 4.68 Å². The maximum atomic E-state index is 13.0. The third-order valence-electron chi connectivity index (χ3n) is 3.56. The Morgan fingerprint density at radius 2 is 1.91 bits per heavy atom. The number of hydrogen-bond donors (Lipinski definition) is 0. The number of halogens is 1. The van der Waals surface area contributed by atoms with Crippen molar-refractivity contribution in [1.29, 1.82) is 0 Å². The molecule has 0 N–H and O–H groups in total. The van der Waals surface area contributed by atoms with E-state index in [4.69, 9.17) is 0 Å². The van der Waals surface area contributed by atoms with Gasteiger partial charge in [-0.25, -0.2) is 4.39 Å². The summed E-state index contributed by atoms with van der Waals surface area (Å²) in [6.07, 6.45) is 1.79. The van der Waals surface area contributed by atoms with Crippen LogP contribution in [0.4, 0.5) is 4.39 Å². The van der Waals surface area contributed by atoms with Gasteiger partial charge in [0.25, 0.3) is 0 Å². The van der Waals surface area contributed by atoms with E-state index in [-0.39, 0.29) is 5.82 Å². The number of benzene rings is 1. The van der Waals surface area contributed by atoms with E-state index in [0.29, 0.717) is 10.8 Å². The maximum absolute atomic E-state index is 13.0. The summed E-state index contributed by atoms with van der Waals surface area (Å²) in [4.78, 5) is 0.692. The molecule has 0 saturated carbocycles. The molecule has 0 aliphatic heterocycles. The largest absolute Gasteiger partial charge is 0.272 e. The van der Waals surface area contributed by atoms with Crippen molar-refractivity contribution in [2.45, 2.75) is 6.92 Å². The predicted molar refractivity (Wildman–Crippen MR) is 81.0 cm³/mol. The summed E-state index contributed by atoms with van der Waals surface area (Å²) in [5.41, 5.74) is 2.78. The number of rotatable bonds is 2. The van der Waals surface area contributed by atoms with Crippen LogP contribution in [-0.2, 0) is 7.05 Å². The molecule has 0 fully saturated rings.